The number of carbonyl (C=O) groups excluding carboxylic acids is 1. The zero-order valence-corrected chi connectivity index (χ0v) is 12.1. The summed E-state index contributed by atoms with van der Waals surface area (Å²) in [5.74, 6) is -0.327. The number of hydrogen-bond donors (Lipinski definition) is 1. The number of carbonyl (C=O) groups is 1. The summed E-state index contributed by atoms with van der Waals surface area (Å²) in [6.45, 7) is 6.26. The Morgan fingerprint density at radius 1 is 1.00 bits per heavy atom. The van der Waals surface area contributed by atoms with Gasteiger partial charge in [-0.2, -0.15) is 0 Å². The summed E-state index contributed by atoms with van der Waals surface area (Å²) in [7, 11) is 0. The third kappa shape index (κ3) is 3.18. The van der Waals surface area contributed by atoms with Gasteiger partial charge in [-0.1, -0.05) is 18.2 Å². The van der Waals surface area contributed by atoms with E-state index in [1.807, 2.05) is 32.0 Å². The molecule has 0 fully saturated rings. The number of benzene rings is 2. The summed E-state index contributed by atoms with van der Waals surface area (Å²) in [4.78, 5) is 12.0. The molecule has 0 bridgehead atoms. The number of ether oxygens (including phenoxy) is 1. The Kier molecular flexibility index (Phi) is 4.08. The summed E-state index contributed by atoms with van der Waals surface area (Å²) in [6, 6.07) is 11.2. The van der Waals surface area contributed by atoms with E-state index in [4.69, 9.17) is 10.5 Å². The lowest BCUT2D eigenvalue weighted by molar-refractivity contribution is 0.0472. The standard InChI is InChI=1S/C17H19NO2/c1-11-4-5-14(8-12(11)2)10-20-17(19)15-6-7-16(18)13(3)9-15/h4-9H,10,18H2,1-3H3. The summed E-state index contributed by atoms with van der Waals surface area (Å²) in [6.07, 6.45) is 0. The SMILES string of the molecule is Cc1ccc(COC(=O)c2ccc(N)c(C)c2)cc1C. The number of anilines is 1. The van der Waals surface area contributed by atoms with E-state index in [1.165, 1.54) is 11.1 Å². The number of hydrogen-bond acceptors (Lipinski definition) is 3. The first-order valence-corrected chi connectivity index (χ1v) is 6.57. The van der Waals surface area contributed by atoms with Gasteiger partial charge in [-0.05, 0) is 61.2 Å². The highest BCUT2D eigenvalue weighted by molar-refractivity contribution is 5.90. The molecular weight excluding hydrogens is 250 g/mol. The molecular formula is C17H19NO2. The second-order valence-corrected chi connectivity index (χ2v) is 5.07. The van der Waals surface area contributed by atoms with Gasteiger partial charge in [-0.3, -0.25) is 0 Å². The van der Waals surface area contributed by atoms with E-state index >= 15 is 0 Å². The Morgan fingerprint density at radius 3 is 2.40 bits per heavy atom. The van der Waals surface area contributed by atoms with E-state index in [0.717, 1.165) is 11.1 Å². The topological polar surface area (TPSA) is 52.3 Å². The first-order valence-electron chi connectivity index (χ1n) is 6.57. The molecule has 0 aliphatic carbocycles. The number of nitrogens with two attached hydrogens (primary N) is 1. The van der Waals surface area contributed by atoms with Crippen LogP contribution in [0.3, 0.4) is 0 Å². The molecule has 2 aromatic rings. The molecule has 0 atom stereocenters. The van der Waals surface area contributed by atoms with E-state index < -0.39 is 0 Å². The third-order valence-corrected chi connectivity index (χ3v) is 3.45. The average Bonchev–Trinajstić information content (AvgIpc) is 2.43. The van der Waals surface area contributed by atoms with Crippen LogP contribution in [0.2, 0.25) is 0 Å². The fraction of sp³-hybridized carbons (Fsp3) is 0.235. The summed E-state index contributed by atoms with van der Waals surface area (Å²) in [5, 5.41) is 0. The highest BCUT2D eigenvalue weighted by Gasteiger charge is 2.08. The van der Waals surface area contributed by atoms with Gasteiger partial charge in [-0.15, -0.1) is 0 Å². The minimum absolute atomic E-state index is 0.281. The molecule has 0 radical (unpaired) electrons. The van der Waals surface area contributed by atoms with Crippen molar-refractivity contribution in [2.75, 3.05) is 5.73 Å². The van der Waals surface area contributed by atoms with E-state index in [1.54, 1.807) is 18.2 Å². The maximum atomic E-state index is 12.0. The number of rotatable bonds is 3. The lowest BCUT2D eigenvalue weighted by atomic mass is 10.1. The molecule has 2 rings (SSSR count). The molecule has 0 saturated carbocycles. The van der Waals surface area contributed by atoms with Gasteiger partial charge in [0.2, 0.25) is 0 Å². The molecule has 0 saturated heterocycles. The molecule has 2 N–H and O–H groups in total. The van der Waals surface area contributed by atoms with Gasteiger partial charge in [0.15, 0.2) is 0 Å². The lowest BCUT2D eigenvalue weighted by Crippen LogP contribution is -2.06. The molecule has 3 heteroatoms. The molecule has 0 heterocycles. The number of nitrogen functional groups attached to an aromatic ring is 1. The molecule has 0 aliphatic rings. The van der Waals surface area contributed by atoms with Crippen molar-refractivity contribution < 1.29 is 9.53 Å². The first kappa shape index (κ1) is 14.1. The second-order valence-electron chi connectivity index (χ2n) is 5.07. The van der Waals surface area contributed by atoms with Crippen LogP contribution in [0, 0.1) is 20.8 Å². The molecule has 0 spiro atoms. The minimum atomic E-state index is -0.327. The van der Waals surface area contributed by atoms with E-state index in [-0.39, 0.29) is 12.6 Å². The Labute approximate surface area is 119 Å². The monoisotopic (exact) mass is 269 g/mol. The summed E-state index contributed by atoms with van der Waals surface area (Å²) in [5.41, 5.74) is 11.2. The number of esters is 1. The van der Waals surface area contributed by atoms with E-state index in [9.17, 15) is 4.79 Å². The zero-order chi connectivity index (χ0) is 14.7. The predicted octanol–water partition coefficient (Wildman–Crippen LogP) is 3.55. The molecule has 2 aromatic carbocycles. The Balaban J connectivity index is 2.04. The van der Waals surface area contributed by atoms with Crippen molar-refractivity contribution in [2.24, 2.45) is 0 Å². The van der Waals surface area contributed by atoms with Crippen molar-refractivity contribution in [3.8, 4) is 0 Å². The predicted molar refractivity (Wildman–Crippen MR) is 80.6 cm³/mol. The van der Waals surface area contributed by atoms with E-state index in [0.29, 0.717) is 11.3 Å². The molecule has 0 unspecified atom stereocenters. The smallest absolute Gasteiger partial charge is 0.338 e. The van der Waals surface area contributed by atoms with Gasteiger partial charge in [0.05, 0.1) is 5.56 Å². The number of aryl methyl sites for hydroxylation is 3. The van der Waals surface area contributed by atoms with Gasteiger partial charge in [-0.25, -0.2) is 4.79 Å². The van der Waals surface area contributed by atoms with Crippen LogP contribution >= 0.6 is 0 Å². The Morgan fingerprint density at radius 2 is 1.75 bits per heavy atom. The van der Waals surface area contributed by atoms with Crippen molar-refractivity contribution in [1.82, 2.24) is 0 Å². The van der Waals surface area contributed by atoms with Crippen molar-refractivity contribution in [1.29, 1.82) is 0 Å². The van der Waals surface area contributed by atoms with E-state index in [2.05, 4.69) is 6.92 Å². The highest BCUT2D eigenvalue weighted by atomic mass is 16.5. The van der Waals surface area contributed by atoms with Crippen LogP contribution in [-0.4, -0.2) is 5.97 Å². The van der Waals surface area contributed by atoms with Crippen LogP contribution in [0.5, 0.6) is 0 Å². The quantitative estimate of drug-likeness (QED) is 0.684. The Hall–Kier alpha value is -2.29. The Bertz CT molecular complexity index is 647. The van der Waals surface area contributed by atoms with Crippen LogP contribution < -0.4 is 5.73 Å². The largest absolute Gasteiger partial charge is 0.457 e. The molecule has 104 valence electrons. The summed E-state index contributed by atoms with van der Waals surface area (Å²) < 4.78 is 5.32. The normalized spacial score (nSPS) is 10.3. The van der Waals surface area contributed by atoms with Gasteiger partial charge < -0.3 is 10.5 Å². The highest BCUT2D eigenvalue weighted by Crippen LogP contribution is 2.15. The maximum absolute atomic E-state index is 12.0. The van der Waals surface area contributed by atoms with Crippen molar-refractivity contribution in [2.45, 2.75) is 27.4 Å². The van der Waals surface area contributed by atoms with Crippen molar-refractivity contribution >= 4 is 11.7 Å². The first-order chi connectivity index (χ1) is 9.47. The van der Waals surface area contributed by atoms with Crippen LogP contribution in [0.4, 0.5) is 5.69 Å². The molecule has 0 aromatic heterocycles. The van der Waals surface area contributed by atoms with Gasteiger partial charge in [0.1, 0.15) is 6.61 Å². The minimum Gasteiger partial charge on any atom is -0.457 e. The van der Waals surface area contributed by atoms with Crippen LogP contribution in [0.25, 0.3) is 0 Å². The maximum Gasteiger partial charge on any atom is 0.338 e. The fourth-order valence-electron chi connectivity index (χ4n) is 1.93. The van der Waals surface area contributed by atoms with Crippen LogP contribution in [0.1, 0.15) is 32.6 Å². The second kappa shape index (κ2) is 5.78. The molecule has 3 nitrogen and oxygen atoms in total. The molecule has 0 aliphatic heterocycles. The zero-order valence-electron chi connectivity index (χ0n) is 12.1. The van der Waals surface area contributed by atoms with Crippen molar-refractivity contribution in [3.05, 3.63) is 64.2 Å². The van der Waals surface area contributed by atoms with Gasteiger partial charge in [0, 0.05) is 5.69 Å². The van der Waals surface area contributed by atoms with Crippen molar-refractivity contribution in [3.63, 3.8) is 0 Å². The van der Waals surface area contributed by atoms with Crippen LogP contribution in [0.15, 0.2) is 36.4 Å². The lowest BCUT2D eigenvalue weighted by Gasteiger charge is -2.08. The average molecular weight is 269 g/mol. The fourth-order valence-corrected chi connectivity index (χ4v) is 1.93. The van der Waals surface area contributed by atoms with Crippen LogP contribution in [-0.2, 0) is 11.3 Å². The van der Waals surface area contributed by atoms with Gasteiger partial charge >= 0.3 is 5.97 Å². The summed E-state index contributed by atoms with van der Waals surface area (Å²) >= 11 is 0. The van der Waals surface area contributed by atoms with Gasteiger partial charge in [0.25, 0.3) is 0 Å². The third-order valence-electron chi connectivity index (χ3n) is 3.45. The molecule has 20 heavy (non-hydrogen) atoms. The molecule has 0 amide bonds.